The molecule has 0 spiro atoms. The molecule has 5 nitrogen and oxygen atoms in total. The molecule has 2 heterocycles. The fraction of sp³-hybridized carbons (Fsp3) is 0.375. The Morgan fingerprint density at radius 1 is 1.17 bits per heavy atom. The SMILES string of the molecule is O=C(C[C@H](c1cccc(F)c1)c1c[nH]c2ccccc12)NCCC[NH+]1CCOCC1. The predicted molar refractivity (Wildman–Crippen MR) is 115 cm³/mol. The molecule has 3 aromatic rings. The number of H-pyrrole nitrogens is 1. The molecule has 30 heavy (non-hydrogen) atoms. The average molecular weight is 411 g/mol. The number of carbonyl (C=O) groups is 1. The number of quaternary nitrogens is 1. The third-order valence-corrected chi connectivity index (χ3v) is 5.87. The molecule has 158 valence electrons. The lowest BCUT2D eigenvalue weighted by molar-refractivity contribution is -0.908. The topological polar surface area (TPSA) is 58.6 Å². The van der Waals surface area contributed by atoms with E-state index in [9.17, 15) is 9.18 Å². The number of aromatic nitrogens is 1. The number of ether oxygens (including phenoxy) is 1. The maximum Gasteiger partial charge on any atom is 0.220 e. The molecule has 0 radical (unpaired) electrons. The number of hydrogen-bond acceptors (Lipinski definition) is 2. The highest BCUT2D eigenvalue weighted by Gasteiger charge is 2.22. The summed E-state index contributed by atoms with van der Waals surface area (Å²) in [5.41, 5.74) is 2.85. The summed E-state index contributed by atoms with van der Waals surface area (Å²) in [7, 11) is 0. The number of para-hydroxylation sites is 1. The molecule has 0 saturated carbocycles. The van der Waals surface area contributed by atoms with Gasteiger partial charge in [0.2, 0.25) is 5.91 Å². The van der Waals surface area contributed by atoms with Crippen LogP contribution in [-0.2, 0) is 9.53 Å². The third-order valence-electron chi connectivity index (χ3n) is 5.87. The maximum atomic E-state index is 13.9. The molecule has 1 aromatic heterocycles. The Bertz CT molecular complexity index is 981. The highest BCUT2D eigenvalue weighted by molar-refractivity contribution is 5.86. The van der Waals surface area contributed by atoms with Gasteiger partial charge in [-0.05, 0) is 29.3 Å². The summed E-state index contributed by atoms with van der Waals surface area (Å²) in [6.07, 6.45) is 3.17. The van der Waals surface area contributed by atoms with Gasteiger partial charge in [0.1, 0.15) is 18.9 Å². The minimum Gasteiger partial charge on any atom is -0.370 e. The zero-order chi connectivity index (χ0) is 20.8. The van der Waals surface area contributed by atoms with Gasteiger partial charge < -0.3 is 19.9 Å². The van der Waals surface area contributed by atoms with Crippen molar-refractivity contribution in [3.63, 3.8) is 0 Å². The van der Waals surface area contributed by atoms with Gasteiger partial charge in [-0.25, -0.2) is 4.39 Å². The molecule has 2 aromatic carbocycles. The van der Waals surface area contributed by atoms with Crippen LogP contribution in [0.25, 0.3) is 10.9 Å². The Morgan fingerprint density at radius 2 is 2.00 bits per heavy atom. The summed E-state index contributed by atoms with van der Waals surface area (Å²) in [5, 5.41) is 4.12. The largest absolute Gasteiger partial charge is 0.370 e. The van der Waals surface area contributed by atoms with Crippen LogP contribution >= 0.6 is 0 Å². The number of aromatic amines is 1. The normalized spacial score (nSPS) is 15.9. The highest BCUT2D eigenvalue weighted by Crippen LogP contribution is 2.33. The molecule has 3 N–H and O–H groups in total. The summed E-state index contributed by atoms with van der Waals surface area (Å²) < 4.78 is 19.3. The van der Waals surface area contributed by atoms with Crippen molar-refractivity contribution in [2.45, 2.75) is 18.8 Å². The number of nitrogens with one attached hydrogen (secondary N) is 3. The van der Waals surface area contributed by atoms with E-state index in [0.717, 1.165) is 61.3 Å². The second-order valence-corrected chi connectivity index (χ2v) is 7.92. The molecule has 1 atom stereocenters. The monoisotopic (exact) mass is 410 g/mol. The van der Waals surface area contributed by atoms with E-state index in [4.69, 9.17) is 4.74 Å². The second-order valence-electron chi connectivity index (χ2n) is 7.92. The smallest absolute Gasteiger partial charge is 0.220 e. The lowest BCUT2D eigenvalue weighted by atomic mass is 9.88. The second kappa shape index (κ2) is 9.87. The van der Waals surface area contributed by atoms with Crippen LogP contribution in [-0.4, -0.2) is 50.3 Å². The van der Waals surface area contributed by atoms with Crippen LogP contribution in [0.5, 0.6) is 0 Å². The van der Waals surface area contributed by atoms with E-state index in [-0.39, 0.29) is 24.1 Å². The van der Waals surface area contributed by atoms with E-state index in [2.05, 4.69) is 10.3 Å². The number of benzene rings is 2. The standard InChI is InChI=1S/C24H28FN3O2/c25-19-6-3-5-18(15-19)21(22-17-27-23-8-2-1-7-20(22)23)16-24(29)26-9-4-10-28-11-13-30-14-12-28/h1-3,5-8,15,17,21,27H,4,9-14,16H2,(H,26,29)/p+1/t21-/m1/s1. The van der Waals surface area contributed by atoms with Crippen LogP contribution in [0.1, 0.15) is 29.9 Å². The van der Waals surface area contributed by atoms with Crippen LogP contribution in [0.4, 0.5) is 4.39 Å². The maximum absolute atomic E-state index is 13.9. The molecule has 4 rings (SSSR count). The molecule has 1 fully saturated rings. The number of rotatable bonds is 8. The molecular weight excluding hydrogens is 381 g/mol. The summed E-state index contributed by atoms with van der Waals surface area (Å²) in [5.74, 6) is -0.500. The van der Waals surface area contributed by atoms with Crippen LogP contribution in [0, 0.1) is 5.82 Å². The molecule has 0 bridgehead atoms. The Labute approximate surface area is 176 Å². The highest BCUT2D eigenvalue weighted by atomic mass is 19.1. The summed E-state index contributed by atoms with van der Waals surface area (Å²) >= 11 is 0. The number of carbonyl (C=O) groups excluding carboxylic acids is 1. The number of hydrogen-bond donors (Lipinski definition) is 3. The zero-order valence-electron chi connectivity index (χ0n) is 17.1. The van der Waals surface area contributed by atoms with Crippen LogP contribution in [0.15, 0.2) is 54.7 Å². The van der Waals surface area contributed by atoms with Gasteiger partial charge in [-0.1, -0.05) is 30.3 Å². The van der Waals surface area contributed by atoms with E-state index < -0.39 is 0 Å². The van der Waals surface area contributed by atoms with E-state index in [1.165, 1.54) is 17.0 Å². The van der Waals surface area contributed by atoms with Crippen molar-refractivity contribution in [3.8, 4) is 0 Å². The van der Waals surface area contributed by atoms with Gasteiger partial charge >= 0.3 is 0 Å². The number of halogens is 1. The molecule has 1 amide bonds. The summed E-state index contributed by atoms with van der Waals surface area (Å²) in [6, 6.07) is 14.6. The first-order chi connectivity index (χ1) is 14.7. The zero-order valence-corrected chi connectivity index (χ0v) is 17.1. The molecule has 1 saturated heterocycles. The average Bonchev–Trinajstić information content (AvgIpc) is 3.20. The van der Waals surface area contributed by atoms with Gasteiger partial charge in [0.15, 0.2) is 0 Å². The van der Waals surface area contributed by atoms with Crippen LogP contribution in [0.2, 0.25) is 0 Å². The molecular formula is C24H29FN3O2+. The van der Waals surface area contributed by atoms with Crippen molar-refractivity contribution in [1.29, 1.82) is 0 Å². The summed E-state index contributed by atoms with van der Waals surface area (Å²) in [6.45, 7) is 5.42. The van der Waals surface area contributed by atoms with Crippen LogP contribution in [0.3, 0.4) is 0 Å². The fourth-order valence-electron chi connectivity index (χ4n) is 4.25. The number of morpholine rings is 1. The molecule has 1 aliphatic heterocycles. The van der Waals surface area contributed by atoms with Gasteiger partial charge in [-0.2, -0.15) is 0 Å². The van der Waals surface area contributed by atoms with E-state index >= 15 is 0 Å². The lowest BCUT2D eigenvalue weighted by Gasteiger charge is -2.23. The Morgan fingerprint density at radius 3 is 2.83 bits per heavy atom. The molecule has 6 heteroatoms. The van der Waals surface area contributed by atoms with Gasteiger partial charge in [0, 0.05) is 42.4 Å². The Balaban J connectivity index is 1.43. The number of fused-ring (bicyclic) bond motifs is 1. The molecule has 1 aliphatic rings. The lowest BCUT2D eigenvalue weighted by Crippen LogP contribution is -3.14. The minimum atomic E-state index is -0.286. The Hall–Kier alpha value is -2.70. The van der Waals surface area contributed by atoms with Gasteiger partial charge in [-0.15, -0.1) is 0 Å². The first-order valence-corrected chi connectivity index (χ1v) is 10.7. The fourth-order valence-corrected chi connectivity index (χ4v) is 4.25. The van der Waals surface area contributed by atoms with Crippen molar-refractivity contribution < 1.29 is 18.8 Å². The third kappa shape index (κ3) is 5.07. The van der Waals surface area contributed by atoms with Crippen molar-refractivity contribution in [3.05, 3.63) is 71.7 Å². The minimum absolute atomic E-state index is 0.00785. The van der Waals surface area contributed by atoms with Crippen molar-refractivity contribution in [2.24, 2.45) is 0 Å². The Kier molecular flexibility index (Phi) is 6.77. The van der Waals surface area contributed by atoms with Crippen LogP contribution < -0.4 is 10.2 Å². The quantitative estimate of drug-likeness (QED) is 0.499. The molecule has 0 aliphatic carbocycles. The predicted octanol–water partition coefficient (Wildman–Crippen LogP) is 2.25. The van der Waals surface area contributed by atoms with Crippen molar-refractivity contribution in [1.82, 2.24) is 10.3 Å². The first-order valence-electron chi connectivity index (χ1n) is 10.7. The van der Waals surface area contributed by atoms with Gasteiger partial charge in [-0.3, -0.25) is 4.79 Å². The van der Waals surface area contributed by atoms with Gasteiger partial charge in [0.05, 0.1) is 19.8 Å². The van der Waals surface area contributed by atoms with E-state index in [0.29, 0.717) is 6.54 Å². The molecule has 0 unspecified atom stereocenters. The number of amides is 1. The van der Waals surface area contributed by atoms with E-state index in [1.807, 2.05) is 36.5 Å². The van der Waals surface area contributed by atoms with Gasteiger partial charge in [0.25, 0.3) is 0 Å². The summed E-state index contributed by atoms with van der Waals surface area (Å²) in [4.78, 5) is 17.6. The van der Waals surface area contributed by atoms with Crippen molar-refractivity contribution in [2.75, 3.05) is 39.4 Å². The first kappa shape index (κ1) is 20.6. The van der Waals surface area contributed by atoms with Crippen molar-refractivity contribution >= 4 is 16.8 Å². The van der Waals surface area contributed by atoms with E-state index in [1.54, 1.807) is 6.07 Å².